The first kappa shape index (κ1) is 10.9. The van der Waals surface area contributed by atoms with Crippen molar-refractivity contribution in [2.75, 3.05) is 7.11 Å². The Labute approximate surface area is 83.1 Å². The molecule has 78 valence electrons. The van der Waals surface area contributed by atoms with Gasteiger partial charge in [0.2, 0.25) is 0 Å². The Morgan fingerprint density at radius 3 is 2.79 bits per heavy atom. The molecule has 4 heteroatoms. The van der Waals surface area contributed by atoms with Gasteiger partial charge in [-0.25, -0.2) is 4.39 Å². The Kier molecular flexibility index (Phi) is 3.06. The molecule has 1 aromatic heterocycles. The lowest BCUT2D eigenvalue weighted by Gasteiger charge is -2.26. The number of methoxy groups -OCH3 is 1. The zero-order chi connectivity index (χ0) is 10.8. The van der Waals surface area contributed by atoms with Gasteiger partial charge in [-0.3, -0.25) is 4.98 Å². The van der Waals surface area contributed by atoms with E-state index in [1.165, 1.54) is 20.2 Å². The minimum absolute atomic E-state index is 0.387. The molecule has 0 saturated carbocycles. The fourth-order valence-corrected chi connectivity index (χ4v) is 1.17. The van der Waals surface area contributed by atoms with Gasteiger partial charge in [-0.2, -0.15) is 0 Å². The van der Waals surface area contributed by atoms with Crippen LogP contribution < -0.4 is 10.5 Å². The molecule has 0 aliphatic carbocycles. The van der Waals surface area contributed by atoms with E-state index in [2.05, 4.69) is 4.98 Å². The van der Waals surface area contributed by atoms with Crippen LogP contribution in [0.2, 0.25) is 0 Å². The minimum atomic E-state index is -1.63. The average molecular weight is 198 g/mol. The Morgan fingerprint density at radius 2 is 2.29 bits per heavy atom. The molecule has 0 aromatic carbocycles. The summed E-state index contributed by atoms with van der Waals surface area (Å²) >= 11 is 0. The van der Waals surface area contributed by atoms with E-state index in [4.69, 9.17) is 10.5 Å². The third-order valence-corrected chi connectivity index (χ3v) is 2.38. The molecule has 2 atom stereocenters. The topological polar surface area (TPSA) is 48.1 Å². The second-order valence-corrected chi connectivity index (χ2v) is 3.44. The van der Waals surface area contributed by atoms with Crippen molar-refractivity contribution in [3.05, 3.63) is 24.0 Å². The Balaban J connectivity index is 3.17. The molecule has 0 aliphatic rings. The second kappa shape index (κ2) is 3.92. The fraction of sp³-hybridized carbons (Fsp3) is 0.500. The van der Waals surface area contributed by atoms with Gasteiger partial charge in [-0.15, -0.1) is 0 Å². The molecule has 0 bridgehead atoms. The Bertz CT molecular complexity index is 313. The molecule has 1 aromatic rings. The molecule has 0 aliphatic heterocycles. The zero-order valence-electron chi connectivity index (χ0n) is 8.62. The van der Waals surface area contributed by atoms with Gasteiger partial charge in [0.1, 0.15) is 5.75 Å². The smallest absolute Gasteiger partial charge is 0.152 e. The molecule has 14 heavy (non-hydrogen) atoms. The third kappa shape index (κ3) is 1.85. The number of hydrogen-bond acceptors (Lipinski definition) is 3. The normalized spacial score (nSPS) is 17.2. The van der Waals surface area contributed by atoms with Gasteiger partial charge in [-0.05, 0) is 19.9 Å². The number of hydrogen-bond donors (Lipinski definition) is 1. The number of ether oxygens (including phenoxy) is 1. The summed E-state index contributed by atoms with van der Waals surface area (Å²) in [5, 5.41) is 0. The molecular formula is C10H15FN2O. The number of nitrogens with two attached hydrogens (primary N) is 1. The maximum Gasteiger partial charge on any atom is 0.152 e. The van der Waals surface area contributed by atoms with E-state index < -0.39 is 11.7 Å². The molecule has 0 radical (unpaired) electrons. The minimum Gasteiger partial charge on any atom is -0.496 e. The lowest BCUT2D eigenvalue weighted by atomic mass is 9.92. The average Bonchev–Trinajstić information content (AvgIpc) is 2.17. The summed E-state index contributed by atoms with van der Waals surface area (Å²) in [6, 6.07) is 1.01. The number of alkyl halides is 1. The molecular weight excluding hydrogens is 183 g/mol. The molecule has 1 rings (SSSR count). The summed E-state index contributed by atoms with van der Waals surface area (Å²) in [5.41, 5.74) is 4.33. The van der Waals surface area contributed by atoms with E-state index >= 15 is 0 Å². The molecule has 0 saturated heterocycles. The number of halogens is 1. The van der Waals surface area contributed by atoms with Crippen LogP contribution in [-0.4, -0.2) is 18.1 Å². The van der Waals surface area contributed by atoms with Crippen molar-refractivity contribution in [1.82, 2.24) is 4.98 Å². The lowest BCUT2D eigenvalue weighted by molar-refractivity contribution is 0.152. The van der Waals surface area contributed by atoms with Gasteiger partial charge in [0, 0.05) is 18.4 Å². The van der Waals surface area contributed by atoms with Gasteiger partial charge in [0.05, 0.1) is 12.7 Å². The highest BCUT2D eigenvalue weighted by molar-refractivity contribution is 5.35. The SMILES string of the molecule is COc1ccncc1C(C)(F)C(C)N. The monoisotopic (exact) mass is 198 g/mol. The highest BCUT2D eigenvalue weighted by atomic mass is 19.1. The van der Waals surface area contributed by atoms with Crippen LogP contribution in [0.5, 0.6) is 5.75 Å². The summed E-state index contributed by atoms with van der Waals surface area (Å²) in [7, 11) is 1.50. The Morgan fingerprint density at radius 1 is 1.64 bits per heavy atom. The van der Waals surface area contributed by atoms with E-state index in [9.17, 15) is 4.39 Å². The van der Waals surface area contributed by atoms with Crippen LogP contribution in [-0.2, 0) is 5.67 Å². The summed E-state index contributed by atoms with van der Waals surface area (Å²) < 4.78 is 19.2. The van der Waals surface area contributed by atoms with Crippen LogP contribution in [0.15, 0.2) is 18.5 Å². The molecule has 0 fully saturated rings. The van der Waals surface area contributed by atoms with Crippen molar-refractivity contribution in [2.45, 2.75) is 25.6 Å². The van der Waals surface area contributed by atoms with E-state index in [-0.39, 0.29) is 0 Å². The van der Waals surface area contributed by atoms with Crippen molar-refractivity contribution < 1.29 is 9.13 Å². The van der Waals surface area contributed by atoms with Crippen molar-refractivity contribution in [2.24, 2.45) is 5.73 Å². The maximum absolute atomic E-state index is 14.1. The van der Waals surface area contributed by atoms with Gasteiger partial charge >= 0.3 is 0 Å². The van der Waals surface area contributed by atoms with Crippen LogP contribution in [0.25, 0.3) is 0 Å². The van der Waals surface area contributed by atoms with Gasteiger partial charge in [0.25, 0.3) is 0 Å². The first-order valence-electron chi connectivity index (χ1n) is 4.43. The molecule has 2 unspecified atom stereocenters. The Hall–Kier alpha value is -1.16. The van der Waals surface area contributed by atoms with Gasteiger partial charge in [-0.1, -0.05) is 0 Å². The van der Waals surface area contributed by atoms with Crippen molar-refractivity contribution >= 4 is 0 Å². The van der Waals surface area contributed by atoms with E-state index in [1.54, 1.807) is 19.2 Å². The van der Waals surface area contributed by atoms with Crippen LogP contribution in [0.3, 0.4) is 0 Å². The van der Waals surface area contributed by atoms with Crippen LogP contribution >= 0.6 is 0 Å². The molecule has 1 heterocycles. The fourth-order valence-electron chi connectivity index (χ4n) is 1.17. The second-order valence-electron chi connectivity index (χ2n) is 3.44. The van der Waals surface area contributed by atoms with Crippen LogP contribution in [0.4, 0.5) is 4.39 Å². The lowest BCUT2D eigenvalue weighted by Crippen LogP contribution is -2.37. The van der Waals surface area contributed by atoms with Crippen LogP contribution in [0, 0.1) is 0 Å². The molecule has 0 amide bonds. The van der Waals surface area contributed by atoms with Crippen molar-refractivity contribution in [3.8, 4) is 5.75 Å². The van der Waals surface area contributed by atoms with Gasteiger partial charge in [0.15, 0.2) is 5.67 Å². The largest absolute Gasteiger partial charge is 0.496 e. The molecule has 2 N–H and O–H groups in total. The van der Waals surface area contributed by atoms with Crippen molar-refractivity contribution in [3.63, 3.8) is 0 Å². The number of nitrogens with zero attached hydrogens (tertiary/aromatic N) is 1. The summed E-state index contributed by atoms with van der Waals surface area (Å²) in [6.07, 6.45) is 3.00. The summed E-state index contributed by atoms with van der Waals surface area (Å²) in [4.78, 5) is 3.87. The highest BCUT2D eigenvalue weighted by Crippen LogP contribution is 2.34. The number of rotatable bonds is 3. The summed E-state index contributed by atoms with van der Waals surface area (Å²) in [5.74, 6) is 0.474. The molecule has 0 spiro atoms. The summed E-state index contributed by atoms with van der Waals surface area (Å²) in [6.45, 7) is 3.05. The quantitative estimate of drug-likeness (QED) is 0.802. The first-order chi connectivity index (χ1) is 6.50. The first-order valence-corrected chi connectivity index (χ1v) is 4.43. The van der Waals surface area contributed by atoms with E-state index in [0.717, 1.165) is 0 Å². The zero-order valence-corrected chi connectivity index (χ0v) is 8.62. The number of pyridine rings is 1. The van der Waals surface area contributed by atoms with E-state index in [1.807, 2.05) is 0 Å². The van der Waals surface area contributed by atoms with Crippen molar-refractivity contribution in [1.29, 1.82) is 0 Å². The van der Waals surface area contributed by atoms with Crippen LogP contribution in [0.1, 0.15) is 19.4 Å². The molecule has 3 nitrogen and oxygen atoms in total. The predicted molar refractivity (Wildman–Crippen MR) is 52.9 cm³/mol. The highest BCUT2D eigenvalue weighted by Gasteiger charge is 2.33. The predicted octanol–water partition coefficient (Wildman–Crippen LogP) is 1.62. The number of aromatic nitrogens is 1. The van der Waals surface area contributed by atoms with E-state index in [0.29, 0.717) is 11.3 Å². The standard InChI is InChI=1S/C10H15FN2O/c1-7(12)10(2,11)8-6-13-5-4-9(8)14-3/h4-7H,12H2,1-3H3. The third-order valence-electron chi connectivity index (χ3n) is 2.38. The maximum atomic E-state index is 14.1. The van der Waals surface area contributed by atoms with Gasteiger partial charge < -0.3 is 10.5 Å².